The number of carbonyl (C=O) groups excluding carboxylic acids is 2. The fourth-order valence-electron chi connectivity index (χ4n) is 3.40. The molecular weight excluding hydrogens is 340 g/mol. The fourth-order valence-corrected chi connectivity index (χ4v) is 3.40. The number of nitrogens with zero attached hydrogens (tertiary/aromatic N) is 1. The number of methoxy groups -OCH3 is 1. The quantitative estimate of drug-likeness (QED) is 0.799. The van der Waals surface area contributed by atoms with Gasteiger partial charge in [-0.15, -0.1) is 0 Å². The lowest BCUT2D eigenvalue weighted by molar-refractivity contribution is -0.126. The summed E-state index contributed by atoms with van der Waals surface area (Å²) in [6.07, 6.45) is 1.75. The van der Waals surface area contributed by atoms with Crippen molar-refractivity contribution in [2.45, 2.75) is 25.9 Å². The first-order valence-electron chi connectivity index (χ1n) is 9.37. The zero-order chi connectivity index (χ0) is 19.1. The number of likely N-dealkylation sites (tertiary alicyclic amines) is 1. The number of benzene rings is 2. The van der Waals surface area contributed by atoms with Crippen LogP contribution >= 0.6 is 0 Å². The van der Waals surface area contributed by atoms with Crippen LogP contribution in [0.25, 0.3) is 0 Å². The zero-order valence-corrected chi connectivity index (χ0v) is 15.7. The van der Waals surface area contributed by atoms with E-state index in [1.807, 2.05) is 42.5 Å². The Morgan fingerprint density at radius 1 is 1.00 bits per heavy atom. The first-order chi connectivity index (χ1) is 13.2. The van der Waals surface area contributed by atoms with Crippen LogP contribution in [0.15, 0.2) is 54.6 Å². The predicted octanol–water partition coefficient (Wildman–Crippen LogP) is 3.00. The molecule has 27 heavy (non-hydrogen) atoms. The maximum Gasteiger partial charge on any atom is 0.337 e. The Morgan fingerprint density at radius 3 is 2.30 bits per heavy atom. The predicted molar refractivity (Wildman–Crippen MR) is 104 cm³/mol. The van der Waals surface area contributed by atoms with Crippen molar-refractivity contribution in [3.8, 4) is 0 Å². The molecule has 0 saturated carbocycles. The van der Waals surface area contributed by atoms with Crippen LogP contribution in [0.3, 0.4) is 0 Å². The van der Waals surface area contributed by atoms with Gasteiger partial charge in [0, 0.05) is 19.0 Å². The van der Waals surface area contributed by atoms with Gasteiger partial charge in [0.1, 0.15) is 0 Å². The van der Waals surface area contributed by atoms with Crippen LogP contribution in [0.5, 0.6) is 0 Å². The molecule has 3 rings (SSSR count). The van der Waals surface area contributed by atoms with Gasteiger partial charge in [0.05, 0.1) is 12.7 Å². The summed E-state index contributed by atoms with van der Waals surface area (Å²) in [5.74, 6) is -0.0727. The molecule has 0 radical (unpaired) electrons. The number of nitrogens with one attached hydrogen (secondary N) is 1. The largest absolute Gasteiger partial charge is 0.465 e. The van der Waals surface area contributed by atoms with Crippen molar-refractivity contribution < 1.29 is 14.3 Å². The van der Waals surface area contributed by atoms with E-state index in [4.69, 9.17) is 4.74 Å². The lowest BCUT2D eigenvalue weighted by atomic mass is 9.95. The minimum atomic E-state index is -0.316. The third-order valence-corrected chi connectivity index (χ3v) is 5.05. The molecule has 1 aliphatic heterocycles. The van der Waals surface area contributed by atoms with E-state index in [9.17, 15) is 9.59 Å². The van der Waals surface area contributed by atoms with E-state index in [2.05, 4.69) is 10.2 Å². The fraction of sp³-hybridized carbons (Fsp3) is 0.364. The summed E-state index contributed by atoms with van der Waals surface area (Å²) in [5.41, 5.74) is 2.85. The number of rotatable bonds is 6. The number of amides is 1. The summed E-state index contributed by atoms with van der Waals surface area (Å²) in [5, 5.41) is 3.05. The third-order valence-electron chi connectivity index (χ3n) is 5.05. The molecule has 0 bridgehead atoms. The van der Waals surface area contributed by atoms with Crippen molar-refractivity contribution in [3.05, 3.63) is 71.3 Å². The molecule has 5 heteroatoms. The zero-order valence-electron chi connectivity index (χ0n) is 15.7. The van der Waals surface area contributed by atoms with Crippen LogP contribution in [0.1, 0.15) is 34.3 Å². The van der Waals surface area contributed by atoms with Crippen LogP contribution in [-0.2, 0) is 22.6 Å². The minimum absolute atomic E-state index is 0.0895. The molecule has 1 N–H and O–H groups in total. The molecule has 5 nitrogen and oxygen atoms in total. The molecule has 0 aliphatic carbocycles. The van der Waals surface area contributed by atoms with Gasteiger partial charge in [-0.05, 0) is 49.2 Å². The molecule has 1 heterocycles. The standard InChI is InChI=1S/C22H26N2O3/c1-27-22(26)20-9-7-18(8-10-20)16-24-13-11-19(12-14-24)21(25)23-15-17-5-3-2-4-6-17/h2-10,19H,11-16H2,1H3,(H,23,25). The van der Waals surface area contributed by atoms with Gasteiger partial charge in [-0.3, -0.25) is 9.69 Å². The number of hydrogen-bond acceptors (Lipinski definition) is 4. The van der Waals surface area contributed by atoms with Crippen molar-refractivity contribution in [3.63, 3.8) is 0 Å². The molecule has 0 spiro atoms. The molecule has 0 aromatic heterocycles. The Balaban J connectivity index is 1.43. The third kappa shape index (κ3) is 5.41. The Morgan fingerprint density at radius 2 is 1.67 bits per heavy atom. The summed E-state index contributed by atoms with van der Waals surface area (Å²) >= 11 is 0. The smallest absolute Gasteiger partial charge is 0.337 e. The van der Waals surface area contributed by atoms with Gasteiger partial charge in [0.2, 0.25) is 5.91 Å². The Kier molecular flexibility index (Phi) is 6.60. The average Bonchev–Trinajstić information content (AvgIpc) is 2.73. The lowest BCUT2D eigenvalue weighted by Crippen LogP contribution is -2.40. The maximum absolute atomic E-state index is 12.4. The number of hydrogen-bond donors (Lipinski definition) is 1. The maximum atomic E-state index is 12.4. The second kappa shape index (κ2) is 9.33. The summed E-state index contributed by atoms with van der Waals surface area (Å²) < 4.78 is 4.72. The molecule has 2 aromatic carbocycles. The van der Waals surface area contributed by atoms with Crippen molar-refractivity contribution in [1.82, 2.24) is 10.2 Å². The summed E-state index contributed by atoms with van der Waals surface area (Å²) in [4.78, 5) is 26.2. The molecule has 2 aromatic rings. The van der Waals surface area contributed by atoms with E-state index in [1.54, 1.807) is 12.1 Å². The minimum Gasteiger partial charge on any atom is -0.465 e. The second-order valence-corrected chi connectivity index (χ2v) is 6.94. The van der Waals surface area contributed by atoms with Crippen LogP contribution in [0.2, 0.25) is 0 Å². The van der Waals surface area contributed by atoms with Gasteiger partial charge in [0.25, 0.3) is 0 Å². The van der Waals surface area contributed by atoms with Gasteiger partial charge >= 0.3 is 5.97 Å². The van der Waals surface area contributed by atoms with Gasteiger partial charge in [-0.1, -0.05) is 42.5 Å². The number of piperidine rings is 1. The average molecular weight is 366 g/mol. The first kappa shape index (κ1) is 19.1. The highest BCUT2D eigenvalue weighted by Crippen LogP contribution is 2.20. The summed E-state index contributed by atoms with van der Waals surface area (Å²) in [7, 11) is 1.39. The molecule has 0 unspecified atom stereocenters. The van der Waals surface area contributed by atoms with Crippen LogP contribution in [0.4, 0.5) is 0 Å². The lowest BCUT2D eigenvalue weighted by Gasteiger charge is -2.31. The monoisotopic (exact) mass is 366 g/mol. The van der Waals surface area contributed by atoms with Crippen LogP contribution in [-0.4, -0.2) is 37.0 Å². The normalized spacial score (nSPS) is 15.3. The molecule has 142 valence electrons. The van der Waals surface area contributed by atoms with Crippen molar-refractivity contribution >= 4 is 11.9 Å². The highest BCUT2D eigenvalue weighted by atomic mass is 16.5. The van der Waals surface area contributed by atoms with Crippen LogP contribution < -0.4 is 5.32 Å². The summed E-state index contributed by atoms with van der Waals surface area (Å²) in [6, 6.07) is 17.5. The number of ether oxygens (including phenoxy) is 1. The van der Waals surface area contributed by atoms with E-state index < -0.39 is 0 Å². The van der Waals surface area contributed by atoms with Crippen molar-refractivity contribution in [2.75, 3.05) is 20.2 Å². The second-order valence-electron chi connectivity index (χ2n) is 6.94. The van der Waals surface area contributed by atoms with Gasteiger partial charge in [0.15, 0.2) is 0 Å². The molecular formula is C22H26N2O3. The first-order valence-corrected chi connectivity index (χ1v) is 9.37. The Hall–Kier alpha value is -2.66. The number of esters is 1. The molecule has 1 fully saturated rings. The van der Waals surface area contributed by atoms with E-state index in [-0.39, 0.29) is 17.8 Å². The molecule has 0 atom stereocenters. The van der Waals surface area contributed by atoms with Crippen molar-refractivity contribution in [2.24, 2.45) is 5.92 Å². The molecule has 1 aliphatic rings. The van der Waals surface area contributed by atoms with Gasteiger partial charge in [-0.2, -0.15) is 0 Å². The van der Waals surface area contributed by atoms with E-state index >= 15 is 0 Å². The Labute approximate surface area is 160 Å². The van der Waals surface area contributed by atoms with Crippen LogP contribution in [0, 0.1) is 5.92 Å². The highest BCUT2D eigenvalue weighted by Gasteiger charge is 2.24. The Bertz CT molecular complexity index is 751. The van der Waals surface area contributed by atoms with Crippen molar-refractivity contribution in [1.29, 1.82) is 0 Å². The summed E-state index contributed by atoms with van der Waals surface area (Å²) in [6.45, 7) is 3.23. The molecule has 1 amide bonds. The topological polar surface area (TPSA) is 58.6 Å². The highest BCUT2D eigenvalue weighted by molar-refractivity contribution is 5.89. The van der Waals surface area contributed by atoms with E-state index in [0.717, 1.165) is 43.6 Å². The molecule has 1 saturated heterocycles. The van der Waals surface area contributed by atoms with Gasteiger partial charge in [-0.25, -0.2) is 4.79 Å². The van der Waals surface area contributed by atoms with E-state index in [0.29, 0.717) is 12.1 Å². The SMILES string of the molecule is COC(=O)c1ccc(CN2CCC(C(=O)NCc3ccccc3)CC2)cc1. The number of carbonyl (C=O) groups is 2. The van der Waals surface area contributed by atoms with Gasteiger partial charge < -0.3 is 10.1 Å². The van der Waals surface area contributed by atoms with E-state index in [1.165, 1.54) is 7.11 Å².